The van der Waals surface area contributed by atoms with Crippen molar-refractivity contribution in [2.45, 2.75) is 38.6 Å². The molecule has 1 amide bonds. The van der Waals surface area contributed by atoms with E-state index < -0.39 is 28.3 Å². The Morgan fingerprint density at radius 3 is 2.52 bits per heavy atom. The standard InChI is InChI=1S/C21H24ClFN2O3S/c1-14(16-8-7-15-5-3-4-6-17(15)11-16)24-21(26)13-25(29(2,27)28)18-9-10-20(23)19(22)12-18/h7-12,14H,3-6,13H2,1-2H3,(H,24,26)/t14-/m1/s1. The molecule has 1 aliphatic carbocycles. The Morgan fingerprint density at radius 2 is 1.86 bits per heavy atom. The SMILES string of the molecule is C[C@@H](NC(=O)CN(c1ccc(F)c(Cl)c1)S(C)(=O)=O)c1ccc2c(c1)CCCC2. The maximum Gasteiger partial charge on any atom is 0.241 e. The fourth-order valence-electron chi connectivity index (χ4n) is 3.56. The summed E-state index contributed by atoms with van der Waals surface area (Å²) in [5, 5.41) is 2.64. The van der Waals surface area contributed by atoms with Crippen molar-refractivity contribution in [3.8, 4) is 0 Å². The fraction of sp³-hybridized carbons (Fsp3) is 0.381. The van der Waals surface area contributed by atoms with Gasteiger partial charge in [-0.25, -0.2) is 12.8 Å². The first-order chi connectivity index (χ1) is 13.6. The van der Waals surface area contributed by atoms with Gasteiger partial charge in [0.25, 0.3) is 0 Å². The summed E-state index contributed by atoms with van der Waals surface area (Å²) in [4.78, 5) is 12.6. The molecular weight excluding hydrogens is 415 g/mol. The van der Waals surface area contributed by atoms with E-state index in [0.717, 1.165) is 35.0 Å². The number of sulfonamides is 1. The largest absolute Gasteiger partial charge is 0.348 e. The van der Waals surface area contributed by atoms with Crippen molar-refractivity contribution in [3.05, 3.63) is 63.9 Å². The number of aryl methyl sites for hydroxylation is 2. The van der Waals surface area contributed by atoms with Crippen molar-refractivity contribution in [2.75, 3.05) is 17.1 Å². The second-order valence-corrected chi connectivity index (χ2v) is 9.71. The average molecular weight is 439 g/mol. The molecule has 1 atom stereocenters. The van der Waals surface area contributed by atoms with Gasteiger partial charge in [0.15, 0.2) is 0 Å². The van der Waals surface area contributed by atoms with E-state index in [-0.39, 0.29) is 16.8 Å². The molecule has 0 saturated heterocycles. The summed E-state index contributed by atoms with van der Waals surface area (Å²) < 4.78 is 38.7. The molecule has 0 bridgehead atoms. The summed E-state index contributed by atoms with van der Waals surface area (Å²) in [5.74, 6) is -1.12. The van der Waals surface area contributed by atoms with Crippen molar-refractivity contribution in [3.63, 3.8) is 0 Å². The Hall–Kier alpha value is -2.12. The van der Waals surface area contributed by atoms with Gasteiger partial charge in [-0.15, -0.1) is 0 Å². The molecule has 0 fully saturated rings. The van der Waals surface area contributed by atoms with E-state index in [2.05, 4.69) is 17.4 Å². The van der Waals surface area contributed by atoms with Crippen LogP contribution in [0.1, 0.15) is 42.5 Å². The van der Waals surface area contributed by atoms with Crippen LogP contribution in [0.2, 0.25) is 5.02 Å². The summed E-state index contributed by atoms with van der Waals surface area (Å²) in [6.07, 6.45) is 5.48. The molecule has 0 heterocycles. The van der Waals surface area contributed by atoms with Crippen molar-refractivity contribution in [1.82, 2.24) is 5.32 Å². The molecule has 156 valence electrons. The normalized spacial score (nSPS) is 14.8. The Labute approximate surface area is 175 Å². The van der Waals surface area contributed by atoms with Gasteiger partial charge in [0.2, 0.25) is 15.9 Å². The number of carbonyl (C=O) groups excluding carboxylic acids is 1. The van der Waals surface area contributed by atoms with Gasteiger partial charge < -0.3 is 5.32 Å². The molecule has 2 aromatic carbocycles. The first-order valence-electron chi connectivity index (χ1n) is 9.49. The van der Waals surface area contributed by atoms with Crippen LogP contribution in [0.4, 0.5) is 10.1 Å². The Morgan fingerprint density at radius 1 is 1.17 bits per heavy atom. The van der Waals surface area contributed by atoms with Crippen LogP contribution < -0.4 is 9.62 Å². The van der Waals surface area contributed by atoms with E-state index in [1.54, 1.807) is 0 Å². The lowest BCUT2D eigenvalue weighted by molar-refractivity contribution is -0.120. The zero-order chi connectivity index (χ0) is 21.2. The molecule has 3 rings (SSSR count). The highest BCUT2D eigenvalue weighted by Gasteiger charge is 2.23. The third-order valence-electron chi connectivity index (χ3n) is 5.13. The van der Waals surface area contributed by atoms with Gasteiger partial charge >= 0.3 is 0 Å². The van der Waals surface area contributed by atoms with E-state index >= 15 is 0 Å². The lowest BCUT2D eigenvalue weighted by Crippen LogP contribution is -2.41. The highest BCUT2D eigenvalue weighted by molar-refractivity contribution is 7.92. The minimum Gasteiger partial charge on any atom is -0.348 e. The molecule has 2 aromatic rings. The van der Waals surface area contributed by atoms with Gasteiger partial charge in [0, 0.05) is 0 Å². The van der Waals surface area contributed by atoms with Crippen LogP contribution in [0.25, 0.3) is 0 Å². The second-order valence-electron chi connectivity index (χ2n) is 7.39. The number of carbonyl (C=O) groups is 1. The molecule has 0 spiro atoms. The fourth-order valence-corrected chi connectivity index (χ4v) is 4.59. The number of nitrogens with one attached hydrogen (secondary N) is 1. The molecule has 0 aromatic heterocycles. The first-order valence-corrected chi connectivity index (χ1v) is 11.7. The van der Waals surface area contributed by atoms with Crippen LogP contribution in [-0.4, -0.2) is 27.1 Å². The number of nitrogens with zero attached hydrogens (tertiary/aromatic N) is 1. The van der Waals surface area contributed by atoms with Crippen LogP contribution in [0, 0.1) is 5.82 Å². The zero-order valence-corrected chi connectivity index (χ0v) is 18.0. The van der Waals surface area contributed by atoms with E-state index in [4.69, 9.17) is 11.6 Å². The minimum absolute atomic E-state index is 0.135. The van der Waals surface area contributed by atoms with E-state index in [0.29, 0.717) is 0 Å². The third kappa shape index (κ3) is 5.28. The van der Waals surface area contributed by atoms with Gasteiger partial charge in [-0.05, 0) is 67.5 Å². The number of amides is 1. The van der Waals surface area contributed by atoms with E-state index in [1.165, 1.54) is 36.1 Å². The molecule has 29 heavy (non-hydrogen) atoms. The molecular formula is C21H24ClFN2O3S. The molecule has 8 heteroatoms. The third-order valence-corrected chi connectivity index (χ3v) is 6.56. The van der Waals surface area contributed by atoms with Crippen molar-refractivity contribution in [1.29, 1.82) is 0 Å². The number of rotatable bonds is 6. The molecule has 1 N–H and O–H groups in total. The second kappa shape index (κ2) is 8.71. The van der Waals surface area contributed by atoms with Crippen LogP contribution in [-0.2, 0) is 27.7 Å². The monoisotopic (exact) mass is 438 g/mol. The number of halogens is 2. The summed E-state index contributed by atoms with van der Waals surface area (Å²) in [5.41, 5.74) is 3.79. The van der Waals surface area contributed by atoms with Crippen molar-refractivity contribution in [2.24, 2.45) is 0 Å². The summed E-state index contributed by atoms with van der Waals surface area (Å²) in [6.45, 7) is 1.44. The van der Waals surface area contributed by atoms with Gasteiger partial charge in [0.05, 0.1) is 23.0 Å². The number of hydrogen-bond acceptors (Lipinski definition) is 3. The first kappa shape index (κ1) is 21.6. The van der Waals surface area contributed by atoms with Crippen molar-refractivity contribution >= 4 is 33.2 Å². The molecule has 0 aliphatic heterocycles. The highest BCUT2D eigenvalue weighted by atomic mass is 35.5. The number of anilines is 1. The molecule has 0 unspecified atom stereocenters. The van der Waals surface area contributed by atoms with Crippen LogP contribution in [0.5, 0.6) is 0 Å². The number of fused-ring (bicyclic) bond motifs is 1. The number of hydrogen-bond donors (Lipinski definition) is 1. The van der Waals surface area contributed by atoms with Gasteiger partial charge in [0.1, 0.15) is 12.4 Å². The summed E-state index contributed by atoms with van der Waals surface area (Å²) >= 11 is 5.77. The lowest BCUT2D eigenvalue weighted by atomic mass is 9.89. The predicted molar refractivity (Wildman–Crippen MR) is 113 cm³/mol. The quantitative estimate of drug-likeness (QED) is 0.741. The molecule has 5 nitrogen and oxygen atoms in total. The lowest BCUT2D eigenvalue weighted by Gasteiger charge is -2.24. The van der Waals surface area contributed by atoms with Gasteiger partial charge in [-0.2, -0.15) is 0 Å². The topological polar surface area (TPSA) is 66.5 Å². The van der Waals surface area contributed by atoms with E-state index in [1.807, 2.05) is 13.0 Å². The highest BCUT2D eigenvalue weighted by Crippen LogP contribution is 2.26. The Bertz CT molecular complexity index is 1030. The predicted octanol–water partition coefficient (Wildman–Crippen LogP) is 4.00. The summed E-state index contributed by atoms with van der Waals surface area (Å²) in [6, 6.07) is 9.50. The van der Waals surface area contributed by atoms with Crippen molar-refractivity contribution < 1.29 is 17.6 Å². The average Bonchev–Trinajstić information content (AvgIpc) is 2.67. The molecule has 0 saturated carbocycles. The summed E-state index contributed by atoms with van der Waals surface area (Å²) in [7, 11) is -3.76. The van der Waals surface area contributed by atoms with Crippen LogP contribution in [0.15, 0.2) is 36.4 Å². The Kier molecular flexibility index (Phi) is 6.49. The minimum atomic E-state index is -3.76. The van der Waals surface area contributed by atoms with Gasteiger partial charge in [-0.1, -0.05) is 29.8 Å². The Balaban J connectivity index is 1.74. The maximum atomic E-state index is 13.4. The van der Waals surface area contributed by atoms with Gasteiger partial charge in [-0.3, -0.25) is 9.10 Å². The molecule has 0 radical (unpaired) electrons. The zero-order valence-electron chi connectivity index (χ0n) is 16.4. The maximum absolute atomic E-state index is 13.4. The number of benzene rings is 2. The smallest absolute Gasteiger partial charge is 0.241 e. The van der Waals surface area contributed by atoms with Crippen LogP contribution in [0.3, 0.4) is 0 Å². The molecule has 1 aliphatic rings. The van der Waals surface area contributed by atoms with Crippen LogP contribution >= 0.6 is 11.6 Å². The van der Waals surface area contributed by atoms with E-state index in [9.17, 15) is 17.6 Å².